The zero-order chi connectivity index (χ0) is 10.0. The number of hydrogen-bond acceptors (Lipinski definition) is 2. The van der Waals surface area contributed by atoms with E-state index < -0.39 is 5.91 Å². The Morgan fingerprint density at radius 1 is 0.950 bits per heavy atom. The summed E-state index contributed by atoms with van der Waals surface area (Å²) in [6, 6.07) is 4.62. The van der Waals surface area contributed by atoms with Gasteiger partial charge in [0.05, 0.1) is 0 Å². The Hall–Kier alpha value is 6.22. The second-order valence-electron chi connectivity index (χ2n) is 2.28. The number of aromatic hydroxyl groups is 1. The van der Waals surface area contributed by atoms with Gasteiger partial charge in [0.1, 0.15) is 0 Å². The third-order valence-electron chi connectivity index (χ3n) is 1.25. The third kappa shape index (κ3) is 19.0. The fourth-order valence-electron chi connectivity index (χ4n) is 0.795. The Morgan fingerprint density at radius 2 is 1.25 bits per heavy atom. The molecule has 0 atom stereocenters. The van der Waals surface area contributed by atoms with E-state index in [1.54, 1.807) is 0 Å². The molecule has 11 radical (unpaired) electrons. The fraction of sp³-hybridized carbons (Fsp3) is 0. The molecular weight excluding hydrogens is 786 g/mol. The van der Waals surface area contributed by atoms with E-state index in [1.807, 2.05) is 0 Å². The van der Waals surface area contributed by atoms with Gasteiger partial charge in [-0.05, 0) is 0 Å². The normalized spacial score (nSPS) is 6.20. The van der Waals surface area contributed by atoms with E-state index >= 15 is 0 Å². The van der Waals surface area contributed by atoms with Crippen LogP contribution in [0.3, 0.4) is 0 Å². The number of phenolic OH excluding ortho intramolecular Hbond substituents is 1. The summed E-state index contributed by atoms with van der Waals surface area (Å²) in [6.45, 7) is 3.03. The summed E-state index contributed by atoms with van der Waals surface area (Å²) in [7, 11) is 10.8. The van der Waals surface area contributed by atoms with Gasteiger partial charge >= 0.3 is 0 Å². The minimum atomic E-state index is -0.675. The first-order chi connectivity index (χ1) is 6.00. The van der Waals surface area contributed by atoms with Crippen LogP contribution in [0, 0.1) is 19.1 Å². The average molecular weight is 789 g/mol. The maximum Gasteiger partial charge on any atom is 0.0498 e. The number of carbonyl (C=O) groups excluding carboxylic acids is 1. The molecule has 1 rings (SSSR count). The Bertz CT molecular complexity index is 348. The number of amides is 1. The van der Waals surface area contributed by atoms with Gasteiger partial charge in [0.25, 0.3) is 0 Å². The zero-order valence-corrected chi connectivity index (χ0v) is 30.6. The van der Waals surface area contributed by atoms with Crippen LogP contribution >= 0.6 is 0 Å². The molecule has 0 aliphatic heterocycles. The van der Waals surface area contributed by atoms with Crippen LogP contribution in [0.2, 0.25) is 0 Å². The Balaban J connectivity index is -0.0000000483. The SMILES string of the molecule is [B]c1[c-]c(O)[c-]c([B])c1[N-]C([CH2-])=O.[Y].[Y].[Y].[Y].[Y].[Y].[Y]. The van der Waals surface area contributed by atoms with Gasteiger partial charge in [-0.1, -0.05) is 0 Å². The second kappa shape index (κ2) is 25.2. The van der Waals surface area contributed by atoms with E-state index in [4.69, 9.17) is 20.8 Å². The van der Waals surface area contributed by atoms with Gasteiger partial charge in [-0.3, -0.25) is 0 Å². The van der Waals surface area contributed by atoms with Crippen LogP contribution in [-0.4, -0.2) is 26.7 Å². The molecule has 20 heavy (non-hydrogen) atoms. The average Bonchev–Trinajstić information content (AvgIpc) is 1.96. The predicted molar refractivity (Wildman–Crippen MR) is 49.9 cm³/mol. The third-order valence-corrected chi connectivity index (χ3v) is 1.25. The summed E-state index contributed by atoms with van der Waals surface area (Å²) in [4.78, 5) is 10.5. The second-order valence-corrected chi connectivity index (χ2v) is 2.28. The largest absolute Gasteiger partial charge is 0.768 e. The van der Waals surface area contributed by atoms with Gasteiger partial charge in [-0.15, -0.1) is 11.7 Å². The summed E-state index contributed by atoms with van der Waals surface area (Å²) in [6.07, 6.45) is 0. The number of benzene rings is 1. The molecule has 3 nitrogen and oxygen atoms in total. The minimum Gasteiger partial charge on any atom is -0.768 e. The minimum absolute atomic E-state index is 0. The molecule has 83 valence electrons. The van der Waals surface area contributed by atoms with Crippen LogP contribution in [0.25, 0.3) is 5.32 Å². The van der Waals surface area contributed by atoms with Crippen LogP contribution in [0.1, 0.15) is 0 Å². The number of rotatable bonds is 1. The van der Waals surface area contributed by atoms with Crippen LogP contribution in [0.5, 0.6) is 5.75 Å². The molecule has 1 N–H and O–H groups in total. The van der Waals surface area contributed by atoms with Crippen molar-refractivity contribution in [2.75, 3.05) is 0 Å². The molecule has 0 spiro atoms. The molecule has 0 fully saturated rings. The first-order valence-corrected chi connectivity index (χ1v) is 3.31. The Kier molecular flexibility index (Phi) is 56.9. The first kappa shape index (κ1) is 45.1. The molecule has 0 bridgehead atoms. The zero-order valence-electron chi connectivity index (χ0n) is 10.7. The van der Waals surface area contributed by atoms with Gasteiger partial charge in [-0.25, -0.2) is 0 Å². The molecule has 0 unspecified atom stereocenters. The van der Waals surface area contributed by atoms with Crippen LogP contribution < -0.4 is 10.9 Å². The van der Waals surface area contributed by atoms with E-state index in [0.717, 1.165) is 0 Å². The predicted octanol–water partition coefficient (Wildman–Crippen LogP) is -1.07. The molecule has 0 saturated heterocycles. The quantitative estimate of drug-likeness (QED) is 0.292. The van der Waals surface area contributed by atoms with Crippen molar-refractivity contribution in [1.29, 1.82) is 0 Å². The van der Waals surface area contributed by atoms with Crippen molar-refractivity contribution >= 4 is 38.2 Å². The van der Waals surface area contributed by atoms with Crippen molar-refractivity contribution in [1.82, 2.24) is 0 Å². The molecular formula is C8H3B2NO2Y7-4. The molecule has 0 aliphatic carbocycles. The monoisotopic (exact) mass is 789 g/mol. The number of carbonyl (C=O) groups is 1. The fourth-order valence-corrected chi connectivity index (χ4v) is 0.795. The van der Waals surface area contributed by atoms with Gasteiger partial charge in [0, 0.05) is 245 Å². The first-order valence-electron chi connectivity index (χ1n) is 3.31. The summed E-state index contributed by atoms with van der Waals surface area (Å²) in [5, 5.41) is 12.4. The van der Waals surface area contributed by atoms with Crippen LogP contribution in [0.15, 0.2) is 0 Å². The molecule has 0 heterocycles. The summed E-state index contributed by atoms with van der Waals surface area (Å²) in [5.74, 6) is -0.989. The topological polar surface area (TPSA) is 51.4 Å². The van der Waals surface area contributed by atoms with Crippen molar-refractivity contribution in [3.63, 3.8) is 0 Å². The molecule has 1 aromatic rings. The summed E-state index contributed by atoms with van der Waals surface area (Å²) in [5.41, 5.74) is 0.0225. The van der Waals surface area contributed by atoms with Crippen LogP contribution in [-0.2, 0) is 234 Å². The Morgan fingerprint density at radius 3 is 1.50 bits per heavy atom. The maximum atomic E-state index is 10.5. The number of hydrogen-bond donors (Lipinski definition) is 1. The van der Waals surface area contributed by atoms with E-state index in [2.05, 4.69) is 24.4 Å². The molecule has 1 aromatic carbocycles. The van der Waals surface area contributed by atoms with E-state index in [9.17, 15) is 4.79 Å². The van der Waals surface area contributed by atoms with E-state index in [-0.39, 0.29) is 251 Å². The van der Waals surface area contributed by atoms with Crippen molar-refractivity contribution in [3.05, 3.63) is 24.4 Å². The smallest absolute Gasteiger partial charge is 0.0498 e. The standard InChI is InChI=1S/C8H4B2NO2.7Y/c1-4(12)11-8-6(9)2-5(13)3-7(8)10;;;;;;;/h1H2,(H2,11,12,13);;;;;;;/q-3;;;;;;;/p-1. The van der Waals surface area contributed by atoms with Gasteiger partial charge in [-0.2, -0.15) is 0 Å². The number of nitrogens with zero attached hydrogens (tertiary/aromatic N) is 1. The number of phenols is 1. The van der Waals surface area contributed by atoms with Crippen molar-refractivity contribution < 1.29 is 239 Å². The maximum absolute atomic E-state index is 10.5. The van der Waals surface area contributed by atoms with Gasteiger partial charge in [0.15, 0.2) is 0 Å². The van der Waals surface area contributed by atoms with Gasteiger partial charge < -0.3 is 50.9 Å². The van der Waals surface area contributed by atoms with Crippen LogP contribution in [0.4, 0.5) is 5.69 Å². The van der Waals surface area contributed by atoms with Crippen molar-refractivity contribution in [2.45, 2.75) is 0 Å². The molecule has 0 saturated carbocycles. The Labute approximate surface area is 299 Å². The van der Waals surface area contributed by atoms with Crippen molar-refractivity contribution in [3.8, 4) is 5.75 Å². The summed E-state index contributed by atoms with van der Waals surface area (Å²) >= 11 is 0. The summed E-state index contributed by atoms with van der Waals surface area (Å²) < 4.78 is 0. The van der Waals surface area contributed by atoms with Gasteiger partial charge in [0.2, 0.25) is 0 Å². The van der Waals surface area contributed by atoms with E-state index in [0.29, 0.717) is 0 Å². The van der Waals surface area contributed by atoms with E-state index in [1.165, 1.54) is 0 Å². The molecule has 0 aliphatic rings. The van der Waals surface area contributed by atoms with Crippen molar-refractivity contribution in [2.24, 2.45) is 0 Å². The molecule has 1 amide bonds. The molecule has 12 heteroatoms. The molecule has 0 aromatic heterocycles.